The highest BCUT2D eigenvalue weighted by atomic mass is 16.5. The first kappa shape index (κ1) is 13.8. The molecule has 1 saturated heterocycles. The molecule has 0 saturated carbocycles. The third kappa shape index (κ3) is 2.97. The molecule has 0 spiro atoms. The summed E-state index contributed by atoms with van der Waals surface area (Å²) in [5.74, 6) is 1.40. The minimum atomic E-state index is 0.610. The molecule has 3 rings (SSSR count). The number of hydrogen-bond acceptors (Lipinski definition) is 3. The fourth-order valence-corrected chi connectivity index (χ4v) is 2.99. The van der Waals surface area contributed by atoms with Gasteiger partial charge in [0.15, 0.2) is 0 Å². The van der Waals surface area contributed by atoms with E-state index in [4.69, 9.17) is 10.5 Å². The molecule has 0 aromatic heterocycles. The van der Waals surface area contributed by atoms with Crippen molar-refractivity contribution in [1.29, 1.82) is 0 Å². The van der Waals surface area contributed by atoms with E-state index >= 15 is 0 Å². The smallest absolute Gasteiger partial charge is 0.144 e. The van der Waals surface area contributed by atoms with Gasteiger partial charge in [0.25, 0.3) is 0 Å². The van der Waals surface area contributed by atoms with Crippen LogP contribution in [0.2, 0.25) is 0 Å². The van der Waals surface area contributed by atoms with Crippen molar-refractivity contribution < 1.29 is 4.74 Å². The zero-order valence-electron chi connectivity index (χ0n) is 12.5. The Balaban J connectivity index is 1.75. The molecule has 1 aliphatic heterocycles. The number of hydrogen-bond donors (Lipinski definition) is 1. The van der Waals surface area contributed by atoms with Crippen LogP contribution in [0.1, 0.15) is 24.8 Å². The number of nitrogens with zero attached hydrogens (tertiary/aromatic N) is 1. The zero-order chi connectivity index (χ0) is 14.7. The van der Waals surface area contributed by atoms with Crippen LogP contribution in [0.15, 0.2) is 48.5 Å². The monoisotopic (exact) mass is 282 g/mol. The van der Waals surface area contributed by atoms with E-state index in [1.165, 1.54) is 17.7 Å². The van der Waals surface area contributed by atoms with Gasteiger partial charge < -0.3 is 15.4 Å². The van der Waals surface area contributed by atoms with Crippen LogP contribution in [0, 0.1) is 0 Å². The second kappa shape index (κ2) is 6.08. The molecule has 1 aliphatic rings. The summed E-state index contributed by atoms with van der Waals surface area (Å²) in [5.41, 5.74) is 9.29. The summed E-state index contributed by atoms with van der Waals surface area (Å²) in [4.78, 5) is 2.42. The summed E-state index contributed by atoms with van der Waals surface area (Å²) < 4.78 is 5.60. The molecular formula is C18H22N2O. The van der Waals surface area contributed by atoms with Crippen LogP contribution >= 0.6 is 0 Å². The minimum Gasteiger partial charge on any atom is -0.492 e. The maximum absolute atomic E-state index is 5.95. The van der Waals surface area contributed by atoms with E-state index < -0.39 is 0 Å². The molecule has 1 atom stereocenters. The third-order valence-electron chi connectivity index (χ3n) is 4.12. The second-order valence-corrected chi connectivity index (χ2v) is 5.50. The van der Waals surface area contributed by atoms with Gasteiger partial charge in [0.1, 0.15) is 5.75 Å². The molecule has 2 aromatic rings. The van der Waals surface area contributed by atoms with Crippen LogP contribution < -0.4 is 15.4 Å². The van der Waals surface area contributed by atoms with E-state index in [0.29, 0.717) is 18.2 Å². The van der Waals surface area contributed by atoms with Crippen molar-refractivity contribution in [3.63, 3.8) is 0 Å². The lowest BCUT2D eigenvalue weighted by Gasteiger charge is -2.20. The van der Waals surface area contributed by atoms with E-state index in [0.717, 1.165) is 18.8 Å². The minimum absolute atomic E-state index is 0.610. The topological polar surface area (TPSA) is 38.5 Å². The van der Waals surface area contributed by atoms with Crippen LogP contribution in [-0.2, 0) is 0 Å². The molecule has 21 heavy (non-hydrogen) atoms. The summed E-state index contributed by atoms with van der Waals surface area (Å²) in [7, 11) is 0. The number of nitrogens with two attached hydrogens (primary N) is 1. The molecule has 0 bridgehead atoms. The van der Waals surface area contributed by atoms with Gasteiger partial charge in [0.05, 0.1) is 12.3 Å². The van der Waals surface area contributed by atoms with Crippen LogP contribution in [0.5, 0.6) is 5.75 Å². The third-order valence-corrected chi connectivity index (χ3v) is 4.12. The van der Waals surface area contributed by atoms with Crippen molar-refractivity contribution in [1.82, 2.24) is 0 Å². The molecule has 0 amide bonds. The number of nitrogen functional groups attached to an aromatic ring is 1. The number of ether oxygens (including phenoxy) is 1. The quantitative estimate of drug-likeness (QED) is 0.870. The maximum Gasteiger partial charge on any atom is 0.144 e. The van der Waals surface area contributed by atoms with E-state index in [9.17, 15) is 0 Å². The lowest BCUT2D eigenvalue weighted by molar-refractivity contribution is 0.342. The van der Waals surface area contributed by atoms with Crippen molar-refractivity contribution in [3.8, 4) is 5.75 Å². The van der Waals surface area contributed by atoms with Crippen LogP contribution in [-0.4, -0.2) is 19.7 Å². The van der Waals surface area contributed by atoms with Crippen molar-refractivity contribution in [2.75, 3.05) is 30.3 Å². The highest BCUT2D eigenvalue weighted by molar-refractivity contribution is 5.63. The summed E-state index contributed by atoms with van der Waals surface area (Å²) in [6.07, 6.45) is 1.19. The molecule has 1 heterocycles. The first-order valence-electron chi connectivity index (χ1n) is 7.60. The number of anilines is 2. The SMILES string of the molecule is CCOc1cc(N2CCC(c3ccccc3)C2)ccc1N. The Hall–Kier alpha value is -2.16. The highest BCUT2D eigenvalue weighted by Crippen LogP contribution is 2.34. The van der Waals surface area contributed by atoms with Crippen molar-refractivity contribution in [2.45, 2.75) is 19.3 Å². The summed E-state index contributed by atoms with van der Waals surface area (Å²) in [5, 5.41) is 0. The maximum atomic E-state index is 5.95. The van der Waals surface area contributed by atoms with Gasteiger partial charge in [-0.05, 0) is 31.0 Å². The summed E-state index contributed by atoms with van der Waals surface area (Å²) >= 11 is 0. The molecular weight excluding hydrogens is 260 g/mol. The summed E-state index contributed by atoms with van der Waals surface area (Å²) in [6, 6.07) is 16.9. The van der Waals surface area contributed by atoms with Crippen molar-refractivity contribution in [2.24, 2.45) is 0 Å². The first-order chi connectivity index (χ1) is 10.3. The van der Waals surface area contributed by atoms with Gasteiger partial charge in [0, 0.05) is 30.8 Å². The lowest BCUT2D eigenvalue weighted by atomic mass is 9.99. The van der Waals surface area contributed by atoms with Gasteiger partial charge in [-0.15, -0.1) is 0 Å². The molecule has 2 aromatic carbocycles. The molecule has 0 aliphatic carbocycles. The standard InChI is InChI=1S/C18H22N2O/c1-2-21-18-12-16(8-9-17(18)19)20-11-10-15(13-20)14-6-4-3-5-7-14/h3-9,12,15H,2,10-11,13,19H2,1H3. The Labute approximate surface area is 126 Å². The van der Waals surface area contributed by atoms with E-state index in [2.05, 4.69) is 47.4 Å². The van der Waals surface area contributed by atoms with Gasteiger partial charge in [-0.3, -0.25) is 0 Å². The van der Waals surface area contributed by atoms with Crippen LogP contribution in [0.4, 0.5) is 11.4 Å². The molecule has 3 nitrogen and oxygen atoms in total. The fraction of sp³-hybridized carbons (Fsp3) is 0.333. The van der Waals surface area contributed by atoms with Gasteiger partial charge in [0.2, 0.25) is 0 Å². The van der Waals surface area contributed by atoms with Gasteiger partial charge in [-0.25, -0.2) is 0 Å². The Morgan fingerprint density at radius 3 is 2.76 bits per heavy atom. The fourth-order valence-electron chi connectivity index (χ4n) is 2.99. The Bertz CT molecular complexity index is 597. The van der Waals surface area contributed by atoms with E-state index in [1.54, 1.807) is 0 Å². The zero-order valence-corrected chi connectivity index (χ0v) is 12.5. The van der Waals surface area contributed by atoms with E-state index in [1.807, 2.05) is 13.0 Å². The molecule has 3 heteroatoms. The van der Waals surface area contributed by atoms with Crippen molar-refractivity contribution >= 4 is 11.4 Å². The van der Waals surface area contributed by atoms with E-state index in [-0.39, 0.29) is 0 Å². The van der Waals surface area contributed by atoms with Gasteiger partial charge >= 0.3 is 0 Å². The first-order valence-corrected chi connectivity index (χ1v) is 7.60. The normalized spacial score (nSPS) is 18.0. The number of rotatable bonds is 4. The molecule has 1 unspecified atom stereocenters. The predicted molar refractivity (Wildman–Crippen MR) is 88.0 cm³/mol. The van der Waals surface area contributed by atoms with Crippen molar-refractivity contribution in [3.05, 3.63) is 54.1 Å². The van der Waals surface area contributed by atoms with Crippen LogP contribution in [0.3, 0.4) is 0 Å². The van der Waals surface area contributed by atoms with Gasteiger partial charge in [-0.1, -0.05) is 30.3 Å². The summed E-state index contributed by atoms with van der Waals surface area (Å²) in [6.45, 7) is 4.75. The molecule has 0 radical (unpaired) electrons. The van der Waals surface area contributed by atoms with Gasteiger partial charge in [-0.2, -0.15) is 0 Å². The van der Waals surface area contributed by atoms with Crippen LogP contribution in [0.25, 0.3) is 0 Å². The predicted octanol–water partition coefficient (Wildman–Crippen LogP) is 3.66. The Kier molecular flexibility index (Phi) is 4.00. The number of benzene rings is 2. The average molecular weight is 282 g/mol. The largest absolute Gasteiger partial charge is 0.492 e. The highest BCUT2D eigenvalue weighted by Gasteiger charge is 2.24. The average Bonchev–Trinajstić information content (AvgIpc) is 3.00. The molecule has 2 N–H and O–H groups in total. The lowest BCUT2D eigenvalue weighted by Crippen LogP contribution is -2.19. The molecule has 110 valence electrons. The Morgan fingerprint density at radius 1 is 1.19 bits per heavy atom. The second-order valence-electron chi connectivity index (χ2n) is 5.50. The molecule has 1 fully saturated rings. The Morgan fingerprint density at radius 2 is 2.00 bits per heavy atom.